The summed E-state index contributed by atoms with van der Waals surface area (Å²) in [6.07, 6.45) is 0.877. The molecule has 0 bridgehead atoms. The fourth-order valence-electron chi connectivity index (χ4n) is 1.73. The van der Waals surface area contributed by atoms with Crippen molar-refractivity contribution >= 4 is 23.2 Å². The van der Waals surface area contributed by atoms with Gasteiger partial charge in [-0.2, -0.15) is 0 Å². The van der Waals surface area contributed by atoms with Crippen molar-refractivity contribution in [1.29, 1.82) is 0 Å². The molecule has 1 N–H and O–H groups in total. The maximum absolute atomic E-state index is 6.00. The summed E-state index contributed by atoms with van der Waals surface area (Å²) in [5.41, 5.74) is 0. The Morgan fingerprint density at radius 1 is 1.35 bits per heavy atom. The van der Waals surface area contributed by atoms with E-state index < -0.39 is 0 Å². The van der Waals surface area contributed by atoms with Gasteiger partial charge in [0, 0.05) is 12.6 Å². The van der Waals surface area contributed by atoms with Crippen LogP contribution in [0.2, 0.25) is 10.0 Å². The number of halogens is 2. The summed E-state index contributed by atoms with van der Waals surface area (Å²) in [4.78, 5) is 0. The van der Waals surface area contributed by atoms with Crippen molar-refractivity contribution in [1.82, 2.24) is 5.32 Å². The van der Waals surface area contributed by atoms with E-state index in [1.54, 1.807) is 18.2 Å². The summed E-state index contributed by atoms with van der Waals surface area (Å²) in [6, 6.07) is 5.69. The first kappa shape index (κ1) is 13.0. The average molecular weight is 276 g/mol. The third-order valence-electron chi connectivity index (χ3n) is 2.63. The van der Waals surface area contributed by atoms with E-state index in [-0.39, 0.29) is 0 Å². The molecular formula is C12H15Cl2NO2. The monoisotopic (exact) mass is 275 g/mol. The molecule has 1 atom stereocenters. The van der Waals surface area contributed by atoms with Gasteiger partial charge in [-0.25, -0.2) is 0 Å². The van der Waals surface area contributed by atoms with Crippen LogP contribution in [0.4, 0.5) is 0 Å². The Balaban J connectivity index is 1.81. The third kappa shape index (κ3) is 3.75. The van der Waals surface area contributed by atoms with Gasteiger partial charge in [0.15, 0.2) is 5.75 Å². The highest BCUT2D eigenvalue weighted by molar-refractivity contribution is 6.37. The molecule has 1 saturated heterocycles. The highest BCUT2D eigenvalue weighted by atomic mass is 35.5. The molecule has 1 aliphatic heterocycles. The highest BCUT2D eigenvalue weighted by Crippen LogP contribution is 2.32. The molecule has 0 radical (unpaired) electrons. The van der Waals surface area contributed by atoms with Gasteiger partial charge in [-0.1, -0.05) is 29.3 Å². The molecule has 1 fully saturated rings. The van der Waals surface area contributed by atoms with Gasteiger partial charge in [-0.3, -0.25) is 0 Å². The summed E-state index contributed by atoms with van der Waals surface area (Å²) >= 11 is 12.0. The van der Waals surface area contributed by atoms with Crippen LogP contribution in [0, 0.1) is 0 Å². The molecule has 3 nitrogen and oxygen atoms in total. The lowest BCUT2D eigenvalue weighted by molar-refractivity contribution is 0.0691. The molecule has 1 aliphatic rings. The summed E-state index contributed by atoms with van der Waals surface area (Å²) in [6.45, 7) is 3.00. The zero-order valence-electron chi connectivity index (χ0n) is 9.42. The van der Waals surface area contributed by atoms with Crippen molar-refractivity contribution in [2.45, 2.75) is 12.5 Å². The summed E-state index contributed by atoms with van der Waals surface area (Å²) in [7, 11) is 0. The minimum atomic E-state index is 0.352. The molecule has 1 aromatic rings. The van der Waals surface area contributed by atoms with Gasteiger partial charge in [-0.05, 0) is 18.6 Å². The lowest BCUT2D eigenvalue weighted by Gasteiger charge is -2.23. The van der Waals surface area contributed by atoms with Crippen molar-refractivity contribution in [2.24, 2.45) is 0 Å². The van der Waals surface area contributed by atoms with E-state index in [2.05, 4.69) is 5.32 Å². The Kier molecular flexibility index (Phi) is 4.92. The Labute approximate surface area is 111 Å². The van der Waals surface area contributed by atoms with Crippen molar-refractivity contribution in [3.05, 3.63) is 28.2 Å². The topological polar surface area (TPSA) is 30.5 Å². The van der Waals surface area contributed by atoms with Crippen LogP contribution in [-0.4, -0.2) is 32.4 Å². The molecule has 0 aliphatic carbocycles. The van der Waals surface area contributed by atoms with Crippen LogP contribution in [0.5, 0.6) is 5.75 Å². The molecule has 94 valence electrons. The van der Waals surface area contributed by atoms with Gasteiger partial charge in [0.05, 0.1) is 29.9 Å². The normalized spacial score (nSPS) is 20.2. The summed E-state index contributed by atoms with van der Waals surface area (Å²) < 4.78 is 11.0. The first-order chi connectivity index (χ1) is 8.27. The Hall–Kier alpha value is -0.480. The Morgan fingerprint density at radius 2 is 2.12 bits per heavy atom. The Morgan fingerprint density at radius 3 is 2.76 bits per heavy atom. The first-order valence-electron chi connectivity index (χ1n) is 5.65. The van der Waals surface area contributed by atoms with E-state index in [0.717, 1.165) is 26.2 Å². The zero-order chi connectivity index (χ0) is 12.1. The van der Waals surface area contributed by atoms with E-state index in [1.807, 2.05) is 0 Å². The maximum atomic E-state index is 6.00. The van der Waals surface area contributed by atoms with Gasteiger partial charge in [0.1, 0.15) is 0 Å². The van der Waals surface area contributed by atoms with Crippen LogP contribution >= 0.6 is 23.2 Å². The third-order valence-corrected chi connectivity index (χ3v) is 3.23. The molecule has 0 amide bonds. The lowest BCUT2D eigenvalue weighted by Crippen LogP contribution is -2.42. The standard InChI is InChI=1S/C12H15Cl2NO2/c13-10-2-1-3-11(14)12(10)17-6-4-9-8-16-7-5-15-9/h1-3,9,15H,4-8H2. The maximum Gasteiger partial charge on any atom is 0.156 e. The van der Waals surface area contributed by atoms with Crippen LogP contribution in [0.25, 0.3) is 0 Å². The number of benzene rings is 1. The molecular weight excluding hydrogens is 261 g/mol. The van der Waals surface area contributed by atoms with Crippen LogP contribution in [0.1, 0.15) is 6.42 Å². The fourth-order valence-corrected chi connectivity index (χ4v) is 2.24. The van der Waals surface area contributed by atoms with E-state index in [9.17, 15) is 0 Å². The van der Waals surface area contributed by atoms with Crippen molar-refractivity contribution in [3.63, 3.8) is 0 Å². The predicted octanol–water partition coefficient (Wildman–Crippen LogP) is 2.75. The van der Waals surface area contributed by atoms with E-state index in [1.165, 1.54) is 0 Å². The minimum Gasteiger partial charge on any atom is -0.490 e. The summed E-state index contributed by atoms with van der Waals surface area (Å²) in [5, 5.41) is 4.46. The van der Waals surface area contributed by atoms with E-state index in [0.29, 0.717) is 28.4 Å². The number of ether oxygens (including phenoxy) is 2. The zero-order valence-corrected chi connectivity index (χ0v) is 10.9. The molecule has 17 heavy (non-hydrogen) atoms. The second kappa shape index (κ2) is 6.45. The predicted molar refractivity (Wildman–Crippen MR) is 69.2 cm³/mol. The van der Waals surface area contributed by atoms with Crippen LogP contribution in [0.15, 0.2) is 18.2 Å². The van der Waals surface area contributed by atoms with Gasteiger partial charge in [-0.15, -0.1) is 0 Å². The second-order valence-electron chi connectivity index (χ2n) is 3.91. The molecule has 5 heteroatoms. The molecule has 1 aromatic carbocycles. The number of rotatable bonds is 4. The smallest absolute Gasteiger partial charge is 0.156 e. The van der Waals surface area contributed by atoms with Gasteiger partial charge in [0.2, 0.25) is 0 Å². The van der Waals surface area contributed by atoms with Gasteiger partial charge in [0.25, 0.3) is 0 Å². The molecule has 0 saturated carbocycles. The Bertz CT molecular complexity index is 347. The van der Waals surface area contributed by atoms with Gasteiger partial charge < -0.3 is 14.8 Å². The van der Waals surface area contributed by atoms with Crippen LogP contribution < -0.4 is 10.1 Å². The SMILES string of the molecule is Clc1cccc(Cl)c1OCCC1COCCN1. The first-order valence-corrected chi connectivity index (χ1v) is 6.41. The molecule has 1 unspecified atom stereocenters. The van der Waals surface area contributed by atoms with Crippen molar-refractivity contribution in [3.8, 4) is 5.75 Å². The van der Waals surface area contributed by atoms with E-state index >= 15 is 0 Å². The average Bonchev–Trinajstić information content (AvgIpc) is 2.34. The van der Waals surface area contributed by atoms with Crippen LogP contribution in [-0.2, 0) is 4.74 Å². The fraction of sp³-hybridized carbons (Fsp3) is 0.500. The number of nitrogens with one attached hydrogen (secondary N) is 1. The molecule has 0 spiro atoms. The molecule has 2 rings (SSSR count). The van der Waals surface area contributed by atoms with Crippen LogP contribution in [0.3, 0.4) is 0 Å². The number of hydrogen-bond donors (Lipinski definition) is 1. The van der Waals surface area contributed by atoms with Crippen molar-refractivity contribution in [2.75, 3.05) is 26.4 Å². The number of para-hydroxylation sites is 1. The van der Waals surface area contributed by atoms with Crippen molar-refractivity contribution < 1.29 is 9.47 Å². The quantitative estimate of drug-likeness (QED) is 0.917. The minimum absolute atomic E-state index is 0.352. The molecule has 1 heterocycles. The van der Waals surface area contributed by atoms with E-state index in [4.69, 9.17) is 32.7 Å². The van der Waals surface area contributed by atoms with Gasteiger partial charge >= 0.3 is 0 Å². The number of hydrogen-bond acceptors (Lipinski definition) is 3. The number of morpholine rings is 1. The lowest BCUT2D eigenvalue weighted by atomic mass is 10.2. The molecule has 0 aromatic heterocycles. The summed E-state index contributed by atoms with van der Waals surface area (Å²) in [5.74, 6) is 0.563. The highest BCUT2D eigenvalue weighted by Gasteiger charge is 2.13. The second-order valence-corrected chi connectivity index (χ2v) is 4.73. The largest absolute Gasteiger partial charge is 0.490 e.